The molecule has 3 rings (SSSR count). The number of anilines is 2. The molecule has 1 aromatic carbocycles. The van der Waals surface area contributed by atoms with Crippen LogP contribution in [0.1, 0.15) is 17.4 Å². The maximum absolute atomic E-state index is 5.85. The van der Waals surface area contributed by atoms with Crippen LogP contribution in [0.4, 0.5) is 11.5 Å². The van der Waals surface area contributed by atoms with Crippen molar-refractivity contribution in [3.8, 4) is 0 Å². The molecule has 2 aromatic heterocycles. The first-order valence-corrected chi connectivity index (χ1v) is 7.45. The van der Waals surface area contributed by atoms with Crippen LogP contribution in [0.3, 0.4) is 0 Å². The van der Waals surface area contributed by atoms with Gasteiger partial charge in [-0.05, 0) is 41.6 Å². The second kappa shape index (κ2) is 5.46. The van der Waals surface area contributed by atoms with Crippen LogP contribution in [0.15, 0.2) is 36.0 Å². The number of fused-ring (bicyclic) bond motifs is 1. The summed E-state index contributed by atoms with van der Waals surface area (Å²) >= 11 is 1.77. The van der Waals surface area contributed by atoms with E-state index in [0.29, 0.717) is 0 Å². The van der Waals surface area contributed by atoms with Gasteiger partial charge in [-0.25, -0.2) is 9.97 Å². The summed E-state index contributed by atoms with van der Waals surface area (Å²) in [6.07, 6.45) is 2.63. The van der Waals surface area contributed by atoms with Gasteiger partial charge in [0.15, 0.2) is 0 Å². The maximum atomic E-state index is 5.85. The van der Waals surface area contributed by atoms with Gasteiger partial charge >= 0.3 is 0 Å². The van der Waals surface area contributed by atoms with Crippen LogP contribution in [0.25, 0.3) is 10.9 Å². The number of aryl methyl sites for hydroxylation is 1. The lowest BCUT2D eigenvalue weighted by Gasteiger charge is -2.09. The number of thiophene rings is 1. The standard InChI is InChI=1S/C15H16N4S/c1-2-10-5-6-20-14(10)8-17-15-12-7-11(16)3-4-13(12)18-9-19-15/h3-7,9H,2,8,16H2,1H3,(H,17,18,19). The Labute approximate surface area is 121 Å². The largest absolute Gasteiger partial charge is 0.399 e. The van der Waals surface area contributed by atoms with Crippen molar-refractivity contribution < 1.29 is 0 Å². The minimum absolute atomic E-state index is 0.723. The summed E-state index contributed by atoms with van der Waals surface area (Å²) in [6.45, 7) is 2.95. The lowest BCUT2D eigenvalue weighted by atomic mass is 10.2. The summed E-state index contributed by atoms with van der Waals surface area (Å²) in [5.74, 6) is 0.831. The molecular weight excluding hydrogens is 268 g/mol. The molecule has 4 nitrogen and oxygen atoms in total. The van der Waals surface area contributed by atoms with Gasteiger partial charge in [0.25, 0.3) is 0 Å². The first-order chi connectivity index (χ1) is 9.78. The molecule has 2 heterocycles. The van der Waals surface area contributed by atoms with E-state index in [0.717, 1.165) is 35.4 Å². The van der Waals surface area contributed by atoms with Crippen molar-refractivity contribution >= 4 is 33.7 Å². The Morgan fingerprint density at radius 3 is 3.00 bits per heavy atom. The van der Waals surface area contributed by atoms with E-state index in [-0.39, 0.29) is 0 Å². The van der Waals surface area contributed by atoms with Crippen LogP contribution in [0.2, 0.25) is 0 Å². The molecule has 0 aliphatic heterocycles. The fraction of sp³-hybridized carbons (Fsp3) is 0.200. The number of nitrogens with two attached hydrogens (primary N) is 1. The van der Waals surface area contributed by atoms with Crippen molar-refractivity contribution in [1.29, 1.82) is 0 Å². The van der Waals surface area contributed by atoms with E-state index in [1.165, 1.54) is 10.4 Å². The monoisotopic (exact) mass is 284 g/mol. The lowest BCUT2D eigenvalue weighted by Crippen LogP contribution is -2.03. The predicted octanol–water partition coefficient (Wildman–Crippen LogP) is 3.45. The van der Waals surface area contributed by atoms with Gasteiger partial charge in [-0.3, -0.25) is 0 Å². The Balaban J connectivity index is 1.89. The molecule has 20 heavy (non-hydrogen) atoms. The van der Waals surface area contributed by atoms with Crippen molar-refractivity contribution in [2.24, 2.45) is 0 Å². The molecule has 0 spiro atoms. The zero-order valence-electron chi connectivity index (χ0n) is 11.3. The van der Waals surface area contributed by atoms with Gasteiger partial charge in [0, 0.05) is 16.0 Å². The third kappa shape index (κ3) is 2.44. The van der Waals surface area contributed by atoms with E-state index in [1.54, 1.807) is 17.7 Å². The molecule has 0 unspecified atom stereocenters. The average Bonchev–Trinajstić information content (AvgIpc) is 2.92. The smallest absolute Gasteiger partial charge is 0.137 e. The summed E-state index contributed by atoms with van der Waals surface area (Å²) in [7, 11) is 0. The molecule has 3 N–H and O–H groups in total. The molecule has 102 valence electrons. The Hall–Kier alpha value is -2.14. The lowest BCUT2D eigenvalue weighted by molar-refractivity contribution is 1.06. The molecule has 0 amide bonds. The van der Waals surface area contributed by atoms with Crippen molar-refractivity contribution in [2.45, 2.75) is 19.9 Å². The number of nitrogen functional groups attached to an aromatic ring is 1. The minimum atomic E-state index is 0.723. The van der Waals surface area contributed by atoms with Crippen molar-refractivity contribution in [3.63, 3.8) is 0 Å². The molecular formula is C15H16N4S. The first kappa shape index (κ1) is 12.9. The van der Waals surface area contributed by atoms with Crippen LogP contribution in [0.5, 0.6) is 0 Å². The van der Waals surface area contributed by atoms with Crippen LogP contribution >= 0.6 is 11.3 Å². The average molecular weight is 284 g/mol. The molecule has 0 atom stereocenters. The van der Waals surface area contributed by atoms with E-state index in [4.69, 9.17) is 5.73 Å². The van der Waals surface area contributed by atoms with E-state index in [9.17, 15) is 0 Å². The highest BCUT2D eigenvalue weighted by Crippen LogP contribution is 2.24. The Morgan fingerprint density at radius 1 is 1.25 bits per heavy atom. The number of hydrogen-bond acceptors (Lipinski definition) is 5. The SMILES string of the molecule is CCc1ccsc1CNc1ncnc2ccc(N)cc12. The summed E-state index contributed by atoms with van der Waals surface area (Å²) in [5.41, 5.74) is 8.86. The van der Waals surface area contributed by atoms with E-state index in [1.807, 2.05) is 18.2 Å². The Morgan fingerprint density at radius 2 is 2.15 bits per heavy atom. The molecule has 0 bridgehead atoms. The zero-order chi connectivity index (χ0) is 13.9. The molecule has 0 aliphatic carbocycles. The molecule has 0 radical (unpaired) electrons. The van der Waals surface area contributed by atoms with Crippen molar-refractivity contribution in [2.75, 3.05) is 11.1 Å². The third-order valence-electron chi connectivity index (χ3n) is 3.29. The minimum Gasteiger partial charge on any atom is -0.399 e. The number of aromatic nitrogens is 2. The number of benzene rings is 1. The fourth-order valence-corrected chi connectivity index (χ4v) is 3.13. The molecule has 0 fully saturated rings. The van der Waals surface area contributed by atoms with Crippen molar-refractivity contribution in [1.82, 2.24) is 9.97 Å². The van der Waals surface area contributed by atoms with Crippen molar-refractivity contribution in [3.05, 3.63) is 46.4 Å². The van der Waals surface area contributed by atoms with Crippen LogP contribution in [0, 0.1) is 0 Å². The highest BCUT2D eigenvalue weighted by atomic mass is 32.1. The normalized spacial score (nSPS) is 10.8. The summed E-state index contributed by atoms with van der Waals surface area (Å²) in [5, 5.41) is 6.49. The first-order valence-electron chi connectivity index (χ1n) is 6.57. The molecule has 3 aromatic rings. The van der Waals surface area contributed by atoms with Crippen LogP contribution < -0.4 is 11.1 Å². The fourth-order valence-electron chi connectivity index (χ4n) is 2.22. The Kier molecular flexibility index (Phi) is 3.52. The number of hydrogen-bond donors (Lipinski definition) is 2. The maximum Gasteiger partial charge on any atom is 0.137 e. The van der Waals surface area contributed by atoms with Gasteiger partial charge in [-0.1, -0.05) is 6.92 Å². The third-order valence-corrected chi connectivity index (χ3v) is 4.26. The van der Waals surface area contributed by atoms with Gasteiger partial charge in [0.2, 0.25) is 0 Å². The highest BCUT2D eigenvalue weighted by Gasteiger charge is 2.06. The van der Waals surface area contributed by atoms with Gasteiger partial charge in [0.1, 0.15) is 12.1 Å². The quantitative estimate of drug-likeness (QED) is 0.720. The van der Waals surface area contributed by atoms with E-state index < -0.39 is 0 Å². The topological polar surface area (TPSA) is 63.8 Å². The number of nitrogens with zero attached hydrogens (tertiary/aromatic N) is 2. The predicted molar refractivity (Wildman–Crippen MR) is 85.0 cm³/mol. The molecule has 5 heteroatoms. The van der Waals surface area contributed by atoms with Gasteiger partial charge in [-0.15, -0.1) is 11.3 Å². The molecule has 0 saturated carbocycles. The second-order valence-electron chi connectivity index (χ2n) is 4.57. The van der Waals surface area contributed by atoms with Gasteiger partial charge < -0.3 is 11.1 Å². The van der Waals surface area contributed by atoms with Gasteiger partial charge in [-0.2, -0.15) is 0 Å². The van der Waals surface area contributed by atoms with E-state index in [2.05, 4.69) is 33.7 Å². The van der Waals surface area contributed by atoms with Gasteiger partial charge in [0.05, 0.1) is 12.1 Å². The number of rotatable bonds is 4. The summed E-state index contributed by atoms with van der Waals surface area (Å²) in [4.78, 5) is 9.94. The van der Waals surface area contributed by atoms with Crippen LogP contribution in [-0.2, 0) is 13.0 Å². The summed E-state index contributed by atoms with van der Waals surface area (Å²) < 4.78 is 0. The molecule has 0 aliphatic rings. The van der Waals surface area contributed by atoms with E-state index >= 15 is 0 Å². The van der Waals surface area contributed by atoms with Crippen LogP contribution in [-0.4, -0.2) is 9.97 Å². The Bertz CT molecular complexity index is 736. The highest BCUT2D eigenvalue weighted by molar-refractivity contribution is 7.10. The molecule has 0 saturated heterocycles. The summed E-state index contributed by atoms with van der Waals surface area (Å²) in [6, 6.07) is 7.86. The zero-order valence-corrected chi connectivity index (χ0v) is 12.1. The number of nitrogens with one attached hydrogen (secondary N) is 1. The second-order valence-corrected chi connectivity index (χ2v) is 5.58.